The molecule has 0 bridgehead atoms. The summed E-state index contributed by atoms with van der Waals surface area (Å²) in [6.45, 7) is 4.12. The summed E-state index contributed by atoms with van der Waals surface area (Å²) in [5.74, 6) is -0.159. The zero-order valence-electron chi connectivity index (χ0n) is 16.7. The molecule has 1 aromatic rings. The first-order valence-electron chi connectivity index (χ1n) is 9.90. The quantitative estimate of drug-likeness (QED) is 0.769. The van der Waals surface area contributed by atoms with Crippen molar-refractivity contribution in [3.05, 3.63) is 18.3 Å². The molecule has 1 saturated carbocycles. The molecule has 1 aromatic heterocycles. The lowest BCUT2D eigenvalue weighted by molar-refractivity contribution is -0.189. The highest BCUT2D eigenvalue weighted by Gasteiger charge is 2.51. The molecule has 2 fully saturated rings. The molecule has 0 radical (unpaired) electrons. The van der Waals surface area contributed by atoms with Gasteiger partial charge in [-0.25, -0.2) is 4.98 Å². The van der Waals surface area contributed by atoms with Gasteiger partial charge in [0.05, 0.1) is 29.5 Å². The molecule has 1 spiro atoms. The van der Waals surface area contributed by atoms with Gasteiger partial charge in [-0.2, -0.15) is 13.2 Å². The first-order chi connectivity index (χ1) is 13.6. The van der Waals surface area contributed by atoms with Crippen molar-refractivity contribution in [3.8, 4) is 5.88 Å². The molecule has 2 heterocycles. The highest BCUT2D eigenvalue weighted by molar-refractivity contribution is 5.99. The van der Waals surface area contributed by atoms with Crippen LogP contribution in [0.15, 0.2) is 18.3 Å². The van der Waals surface area contributed by atoms with Gasteiger partial charge in [0, 0.05) is 19.2 Å². The highest BCUT2D eigenvalue weighted by Crippen LogP contribution is 2.48. The van der Waals surface area contributed by atoms with Crippen LogP contribution in [0.1, 0.15) is 46.0 Å². The first kappa shape index (κ1) is 21.8. The van der Waals surface area contributed by atoms with Crippen molar-refractivity contribution in [1.82, 2.24) is 4.98 Å². The lowest BCUT2D eigenvalue weighted by Crippen LogP contribution is -2.45. The number of aromatic nitrogens is 1. The second kappa shape index (κ2) is 8.10. The fourth-order valence-corrected chi connectivity index (χ4v) is 4.01. The minimum Gasteiger partial charge on any atom is -0.465 e. The number of aliphatic hydroxyl groups is 1. The molecule has 1 atom stereocenters. The van der Waals surface area contributed by atoms with Crippen LogP contribution < -0.4 is 9.64 Å². The smallest absolute Gasteiger partial charge is 0.425 e. The van der Waals surface area contributed by atoms with E-state index in [1.54, 1.807) is 11.0 Å². The Hall–Kier alpha value is -1.87. The van der Waals surface area contributed by atoms with Crippen molar-refractivity contribution in [3.63, 3.8) is 0 Å². The highest BCUT2D eigenvalue weighted by atomic mass is 19.4. The lowest BCUT2D eigenvalue weighted by atomic mass is 9.68. The van der Waals surface area contributed by atoms with Crippen molar-refractivity contribution < 1.29 is 32.5 Å². The van der Waals surface area contributed by atoms with Crippen LogP contribution in [0, 0.1) is 5.41 Å². The Morgan fingerprint density at radius 2 is 1.93 bits per heavy atom. The molecule has 0 unspecified atom stereocenters. The summed E-state index contributed by atoms with van der Waals surface area (Å²) in [6, 6.07) is 2.90. The Bertz CT molecular complexity index is 715. The first-order valence-corrected chi connectivity index (χ1v) is 9.90. The van der Waals surface area contributed by atoms with Gasteiger partial charge in [-0.1, -0.05) is 0 Å². The lowest BCUT2D eigenvalue weighted by Gasteiger charge is -2.40. The molecule has 1 saturated heterocycles. The van der Waals surface area contributed by atoms with E-state index in [1.165, 1.54) is 12.3 Å². The summed E-state index contributed by atoms with van der Waals surface area (Å²) in [5, 5.41) is 10.6. The minimum absolute atomic E-state index is 0.0184. The number of rotatable bonds is 6. The van der Waals surface area contributed by atoms with Crippen molar-refractivity contribution in [1.29, 1.82) is 0 Å². The van der Waals surface area contributed by atoms with E-state index >= 15 is 0 Å². The number of ether oxygens (including phenoxy) is 2. The van der Waals surface area contributed by atoms with Crippen molar-refractivity contribution >= 4 is 11.6 Å². The van der Waals surface area contributed by atoms with Crippen LogP contribution in [0.4, 0.5) is 18.9 Å². The maximum absolute atomic E-state index is 13.1. The summed E-state index contributed by atoms with van der Waals surface area (Å²) in [6.07, 6.45) is -2.20. The maximum atomic E-state index is 13.1. The van der Waals surface area contributed by atoms with Gasteiger partial charge in [-0.15, -0.1) is 0 Å². The van der Waals surface area contributed by atoms with Gasteiger partial charge >= 0.3 is 6.18 Å². The molecule has 6 nitrogen and oxygen atoms in total. The number of hydrogen-bond acceptors (Lipinski definition) is 5. The molecule has 1 aliphatic carbocycles. The third-order valence-corrected chi connectivity index (χ3v) is 6.02. The van der Waals surface area contributed by atoms with Crippen LogP contribution in [0.3, 0.4) is 0 Å². The zero-order valence-corrected chi connectivity index (χ0v) is 16.7. The second-order valence-corrected chi connectivity index (χ2v) is 8.00. The molecule has 1 amide bonds. The van der Waals surface area contributed by atoms with E-state index in [9.17, 15) is 23.1 Å². The Morgan fingerprint density at radius 3 is 2.48 bits per heavy atom. The van der Waals surface area contributed by atoms with Gasteiger partial charge in [0.15, 0.2) is 6.10 Å². The van der Waals surface area contributed by atoms with Crippen molar-refractivity contribution in [2.45, 2.75) is 63.8 Å². The average Bonchev–Trinajstić information content (AvgIpc) is 2.99. The molecule has 9 heteroatoms. The minimum atomic E-state index is -4.47. The van der Waals surface area contributed by atoms with Gasteiger partial charge in [0.25, 0.3) is 0 Å². The number of amides is 1. The van der Waals surface area contributed by atoms with E-state index < -0.39 is 23.3 Å². The van der Waals surface area contributed by atoms with Crippen LogP contribution in [-0.2, 0) is 9.53 Å². The third-order valence-electron chi connectivity index (χ3n) is 6.02. The Balaban J connectivity index is 1.63. The van der Waals surface area contributed by atoms with Crippen LogP contribution >= 0.6 is 0 Å². The molecular formula is C20H27F3N2O4. The summed E-state index contributed by atoms with van der Waals surface area (Å²) in [5.41, 5.74) is -0.850. The van der Waals surface area contributed by atoms with E-state index in [4.69, 9.17) is 9.47 Å². The molecule has 29 heavy (non-hydrogen) atoms. The Labute approximate surface area is 168 Å². The van der Waals surface area contributed by atoms with Crippen LogP contribution in [0.2, 0.25) is 0 Å². The number of carbonyl (C=O) groups is 1. The van der Waals surface area contributed by atoms with Crippen molar-refractivity contribution in [2.24, 2.45) is 5.41 Å². The summed E-state index contributed by atoms with van der Waals surface area (Å²) < 4.78 is 48.0. The Morgan fingerprint density at radius 1 is 1.24 bits per heavy atom. The SMILES string of the molecule is CCOCC1(O)CCC2(CCN(c3ccc(O[C@H](C)C(F)(F)F)nc3)C2=O)CC1. The number of alkyl halides is 3. The van der Waals surface area contributed by atoms with E-state index in [0.717, 1.165) is 6.92 Å². The van der Waals surface area contributed by atoms with Crippen molar-refractivity contribution in [2.75, 3.05) is 24.7 Å². The number of pyridine rings is 1. The van der Waals surface area contributed by atoms with E-state index in [2.05, 4.69) is 4.98 Å². The molecule has 3 rings (SSSR count). The summed E-state index contributed by atoms with van der Waals surface area (Å²) in [7, 11) is 0. The van der Waals surface area contributed by atoms with Crippen LogP contribution in [-0.4, -0.2) is 53.6 Å². The van der Waals surface area contributed by atoms with Crippen LogP contribution in [0.25, 0.3) is 0 Å². The van der Waals surface area contributed by atoms with Gasteiger partial charge < -0.3 is 19.5 Å². The Kier molecular flexibility index (Phi) is 6.10. The normalized spacial score (nSPS) is 28.8. The summed E-state index contributed by atoms with van der Waals surface area (Å²) in [4.78, 5) is 18.7. The van der Waals surface area contributed by atoms with Gasteiger partial charge in [0.1, 0.15) is 0 Å². The third kappa shape index (κ3) is 4.66. The van der Waals surface area contributed by atoms with E-state index in [-0.39, 0.29) is 18.4 Å². The predicted molar refractivity (Wildman–Crippen MR) is 99.7 cm³/mol. The maximum Gasteiger partial charge on any atom is 0.425 e. The standard InChI is InChI=1S/C20H27F3N2O4/c1-3-28-13-19(27)8-6-18(7-9-19)10-11-25(17(18)26)15-4-5-16(24-12-15)29-14(2)20(21,22)23/h4-5,12,14,27H,3,6-11,13H2,1-2H3/t14-,18?,19?/m1/s1. The second-order valence-electron chi connectivity index (χ2n) is 8.00. The zero-order chi connectivity index (χ0) is 21.3. The summed E-state index contributed by atoms with van der Waals surface area (Å²) >= 11 is 0. The molecule has 1 aliphatic heterocycles. The average molecular weight is 416 g/mol. The van der Waals surface area contributed by atoms with Crippen LogP contribution in [0.5, 0.6) is 5.88 Å². The topological polar surface area (TPSA) is 71.9 Å². The predicted octanol–water partition coefficient (Wildman–Crippen LogP) is 3.48. The monoisotopic (exact) mass is 416 g/mol. The molecular weight excluding hydrogens is 389 g/mol. The van der Waals surface area contributed by atoms with E-state index in [1.807, 2.05) is 6.92 Å². The number of halogens is 3. The largest absolute Gasteiger partial charge is 0.465 e. The van der Waals surface area contributed by atoms with Gasteiger partial charge in [-0.3, -0.25) is 4.79 Å². The fraction of sp³-hybridized carbons (Fsp3) is 0.700. The number of nitrogens with zero attached hydrogens (tertiary/aromatic N) is 2. The number of hydrogen-bond donors (Lipinski definition) is 1. The molecule has 162 valence electrons. The van der Waals surface area contributed by atoms with Gasteiger partial charge in [0.2, 0.25) is 11.8 Å². The molecule has 1 N–H and O–H groups in total. The van der Waals surface area contributed by atoms with Gasteiger partial charge in [-0.05, 0) is 52.0 Å². The number of anilines is 1. The fourth-order valence-electron chi connectivity index (χ4n) is 4.01. The molecule has 2 aliphatic rings. The molecule has 0 aromatic carbocycles. The number of carbonyl (C=O) groups excluding carboxylic acids is 1. The van der Waals surface area contributed by atoms with E-state index in [0.29, 0.717) is 50.9 Å².